The zero-order chi connectivity index (χ0) is 12.4. The number of aliphatic carboxylic acids is 1. The van der Waals surface area contributed by atoms with Crippen molar-refractivity contribution in [2.75, 3.05) is 0 Å². The summed E-state index contributed by atoms with van der Waals surface area (Å²) in [7, 11) is 0. The van der Waals surface area contributed by atoms with Crippen molar-refractivity contribution in [3.63, 3.8) is 0 Å². The van der Waals surface area contributed by atoms with Crippen LogP contribution in [0.25, 0.3) is 11.0 Å². The molecule has 0 aliphatic carbocycles. The summed E-state index contributed by atoms with van der Waals surface area (Å²) in [5.41, 5.74) is 7.67. The molecule has 1 heterocycles. The second-order valence-electron chi connectivity index (χ2n) is 4.27. The van der Waals surface area contributed by atoms with Gasteiger partial charge in [0, 0.05) is 17.0 Å². The van der Waals surface area contributed by atoms with Crippen molar-refractivity contribution in [2.45, 2.75) is 19.4 Å². The minimum Gasteiger partial charge on any atom is -0.481 e. The molecule has 2 atom stereocenters. The lowest BCUT2D eigenvalue weighted by Crippen LogP contribution is -2.18. The van der Waals surface area contributed by atoms with Gasteiger partial charge in [-0.1, -0.05) is 25.1 Å². The molecule has 0 aliphatic rings. The quantitative estimate of drug-likeness (QED) is 0.850. The summed E-state index contributed by atoms with van der Waals surface area (Å²) in [6.07, 6.45) is 2.02. The highest BCUT2D eigenvalue weighted by molar-refractivity contribution is 5.81. The zero-order valence-electron chi connectivity index (χ0n) is 9.59. The van der Waals surface area contributed by atoms with Gasteiger partial charge in [-0.15, -0.1) is 0 Å². The van der Waals surface area contributed by atoms with Crippen LogP contribution in [0.4, 0.5) is 0 Å². The van der Waals surface area contributed by atoms with Gasteiger partial charge in [0.15, 0.2) is 0 Å². The van der Waals surface area contributed by atoms with Crippen LogP contribution in [0.2, 0.25) is 0 Å². The van der Waals surface area contributed by atoms with E-state index >= 15 is 0 Å². The predicted molar refractivity (Wildman–Crippen MR) is 64.6 cm³/mol. The van der Waals surface area contributed by atoms with Crippen molar-refractivity contribution in [3.8, 4) is 0 Å². The smallest absolute Gasteiger partial charge is 0.306 e. The van der Waals surface area contributed by atoms with Crippen LogP contribution < -0.4 is 5.73 Å². The molecule has 0 saturated heterocycles. The average molecular weight is 233 g/mol. The molecule has 0 aliphatic heterocycles. The summed E-state index contributed by atoms with van der Waals surface area (Å²) in [5.74, 6) is -1.29. The molecule has 4 nitrogen and oxygen atoms in total. The van der Waals surface area contributed by atoms with Crippen molar-refractivity contribution >= 4 is 16.9 Å². The lowest BCUT2D eigenvalue weighted by atomic mass is 9.96. The fourth-order valence-corrected chi connectivity index (χ4v) is 1.89. The SMILES string of the molecule is CC(CC(N)c1coc2ccccc12)C(=O)O. The summed E-state index contributed by atoms with van der Waals surface area (Å²) in [6.45, 7) is 1.66. The summed E-state index contributed by atoms with van der Waals surface area (Å²) >= 11 is 0. The summed E-state index contributed by atoms with van der Waals surface area (Å²) in [5, 5.41) is 9.82. The number of benzene rings is 1. The number of para-hydroxylation sites is 1. The largest absolute Gasteiger partial charge is 0.481 e. The van der Waals surface area contributed by atoms with Gasteiger partial charge >= 0.3 is 5.97 Å². The minimum absolute atomic E-state index is 0.315. The highest BCUT2D eigenvalue weighted by atomic mass is 16.4. The van der Waals surface area contributed by atoms with E-state index in [2.05, 4.69) is 0 Å². The van der Waals surface area contributed by atoms with Crippen LogP contribution in [0.1, 0.15) is 24.9 Å². The molecule has 0 radical (unpaired) electrons. The zero-order valence-corrected chi connectivity index (χ0v) is 9.59. The molecule has 2 aromatic rings. The number of carboxylic acids is 1. The van der Waals surface area contributed by atoms with Gasteiger partial charge in [-0.3, -0.25) is 4.79 Å². The first-order valence-corrected chi connectivity index (χ1v) is 5.54. The first-order chi connectivity index (χ1) is 8.09. The van der Waals surface area contributed by atoms with Crippen molar-refractivity contribution in [1.82, 2.24) is 0 Å². The Hall–Kier alpha value is -1.81. The normalized spacial score (nSPS) is 14.7. The fourth-order valence-electron chi connectivity index (χ4n) is 1.89. The number of rotatable bonds is 4. The first kappa shape index (κ1) is 11.7. The molecule has 0 spiro atoms. The van der Waals surface area contributed by atoms with E-state index in [1.54, 1.807) is 13.2 Å². The number of furan rings is 1. The molecular weight excluding hydrogens is 218 g/mol. The third kappa shape index (κ3) is 2.31. The van der Waals surface area contributed by atoms with E-state index in [4.69, 9.17) is 15.3 Å². The van der Waals surface area contributed by atoms with Crippen LogP contribution in [-0.2, 0) is 4.79 Å². The number of nitrogens with two attached hydrogens (primary N) is 1. The summed E-state index contributed by atoms with van der Waals surface area (Å²) < 4.78 is 5.38. The van der Waals surface area contributed by atoms with Gasteiger partial charge in [-0.2, -0.15) is 0 Å². The third-order valence-electron chi connectivity index (χ3n) is 2.94. The van der Waals surface area contributed by atoms with Gasteiger partial charge in [0.05, 0.1) is 12.2 Å². The van der Waals surface area contributed by atoms with Crippen LogP contribution in [0.3, 0.4) is 0 Å². The molecule has 0 saturated carbocycles. The molecule has 3 N–H and O–H groups in total. The average Bonchev–Trinajstić information content (AvgIpc) is 2.72. The third-order valence-corrected chi connectivity index (χ3v) is 2.94. The van der Waals surface area contributed by atoms with E-state index in [9.17, 15) is 4.79 Å². The minimum atomic E-state index is -0.826. The predicted octanol–water partition coefficient (Wildman–Crippen LogP) is 2.54. The van der Waals surface area contributed by atoms with Gasteiger partial charge in [-0.25, -0.2) is 0 Å². The van der Waals surface area contributed by atoms with Gasteiger partial charge in [0.1, 0.15) is 5.58 Å². The molecule has 0 fully saturated rings. The number of fused-ring (bicyclic) bond motifs is 1. The van der Waals surface area contributed by atoms with Gasteiger partial charge in [0.2, 0.25) is 0 Å². The Morgan fingerprint density at radius 2 is 2.18 bits per heavy atom. The van der Waals surface area contributed by atoms with Crippen LogP contribution >= 0.6 is 0 Å². The maximum absolute atomic E-state index is 10.8. The van der Waals surface area contributed by atoms with Crippen LogP contribution in [0.15, 0.2) is 34.9 Å². The molecule has 90 valence electrons. The van der Waals surface area contributed by atoms with E-state index in [0.29, 0.717) is 6.42 Å². The van der Waals surface area contributed by atoms with Crippen molar-refractivity contribution in [1.29, 1.82) is 0 Å². The maximum atomic E-state index is 10.8. The van der Waals surface area contributed by atoms with E-state index < -0.39 is 11.9 Å². The molecule has 1 aromatic heterocycles. The maximum Gasteiger partial charge on any atom is 0.306 e. The van der Waals surface area contributed by atoms with Gasteiger partial charge in [-0.05, 0) is 12.5 Å². The number of hydrogen-bond acceptors (Lipinski definition) is 3. The lowest BCUT2D eigenvalue weighted by molar-refractivity contribution is -0.141. The second-order valence-corrected chi connectivity index (χ2v) is 4.27. The monoisotopic (exact) mass is 233 g/mol. The highest BCUT2D eigenvalue weighted by Gasteiger charge is 2.19. The van der Waals surface area contributed by atoms with E-state index in [1.165, 1.54) is 0 Å². The topological polar surface area (TPSA) is 76.5 Å². The Labute approximate surface area is 99.0 Å². The molecule has 17 heavy (non-hydrogen) atoms. The molecule has 4 heteroatoms. The molecule has 2 unspecified atom stereocenters. The van der Waals surface area contributed by atoms with E-state index in [1.807, 2.05) is 24.3 Å². The Bertz CT molecular complexity index is 532. The number of carboxylic acid groups (broad SMARTS) is 1. The fraction of sp³-hybridized carbons (Fsp3) is 0.308. The standard InChI is InChI=1S/C13H15NO3/c1-8(13(15)16)6-11(14)10-7-17-12-5-3-2-4-9(10)12/h2-5,7-8,11H,6,14H2,1H3,(H,15,16). The Kier molecular flexibility index (Phi) is 3.15. The van der Waals surface area contributed by atoms with E-state index in [0.717, 1.165) is 16.5 Å². The molecule has 0 bridgehead atoms. The van der Waals surface area contributed by atoms with Crippen LogP contribution in [0, 0.1) is 5.92 Å². The molecular formula is C13H15NO3. The second kappa shape index (κ2) is 4.59. The van der Waals surface area contributed by atoms with Crippen molar-refractivity contribution in [3.05, 3.63) is 36.1 Å². The van der Waals surface area contributed by atoms with Gasteiger partial charge < -0.3 is 15.3 Å². The van der Waals surface area contributed by atoms with Crippen LogP contribution in [0.5, 0.6) is 0 Å². The van der Waals surface area contributed by atoms with Gasteiger partial charge in [0.25, 0.3) is 0 Å². The molecule has 1 aromatic carbocycles. The number of hydrogen-bond donors (Lipinski definition) is 2. The van der Waals surface area contributed by atoms with Crippen molar-refractivity contribution in [2.24, 2.45) is 11.7 Å². The highest BCUT2D eigenvalue weighted by Crippen LogP contribution is 2.28. The number of carbonyl (C=O) groups is 1. The Morgan fingerprint density at radius 3 is 2.88 bits per heavy atom. The lowest BCUT2D eigenvalue weighted by Gasteiger charge is -2.12. The molecule has 2 rings (SSSR count). The Morgan fingerprint density at radius 1 is 1.47 bits per heavy atom. The summed E-state index contributed by atoms with van der Waals surface area (Å²) in [4.78, 5) is 10.8. The van der Waals surface area contributed by atoms with Crippen LogP contribution in [-0.4, -0.2) is 11.1 Å². The first-order valence-electron chi connectivity index (χ1n) is 5.54. The molecule has 0 amide bonds. The van der Waals surface area contributed by atoms with Crippen molar-refractivity contribution < 1.29 is 14.3 Å². The summed E-state index contributed by atoms with van der Waals surface area (Å²) in [6, 6.07) is 7.28. The van der Waals surface area contributed by atoms with E-state index in [-0.39, 0.29) is 6.04 Å². The Balaban J connectivity index is 2.25.